The van der Waals surface area contributed by atoms with Gasteiger partial charge in [-0.15, -0.1) is 0 Å². The number of esters is 2. The van der Waals surface area contributed by atoms with Crippen LogP contribution in [0.5, 0.6) is 0 Å². The van der Waals surface area contributed by atoms with Gasteiger partial charge in [0, 0.05) is 6.42 Å². The van der Waals surface area contributed by atoms with Crippen LogP contribution in [0.1, 0.15) is 40.5 Å². The van der Waals surface area contributed by atoms with E-state index in [-0.39, 0.29) is 38.0 Å². The van der Waals surface area contributed by atoms with Crippen LogP contribution in [0.2, 0.25) is 0 Å². The molecule has 0 aromatic carbocycles. The average molecular weight is 684 g/mol. The molecule has 0 saturated heterocycles. The molecule has 0 aromatic rings. The molecule has 9 N–H and O–H groups in total. The van der Waals surface area contributed by atoms with E-state index in [4.69, 9.17) is 26.7 Å². The molecule has 258 valence electrons. The fourth-order valence-electron chi connectivity index (χ4n) is 2.63. The van der Waals surface area contributed by atoms with Gasteiger partial charge in [0.2, 0.25) is 13.6 Å². The van der Waals surface area contributed by atoms with E-state index >= 15 is 0 Å². The number of aliphatic hydroxyl groups is 1. The topological polar surface area (TPSA) is 315 Å². The number of carbonyl (C=O) groups is 4. The molecule has 0 amide bonds. The van der Waals surface area contributed by atoms with Crippen molar-refractivity contribution in [3.63, 3.8) is 0 Å². The van der Waals surface area contributed by atoms with Crippen LogP contribution in [0.3, 0.4) is 0 Å². The van der Waals surface area contributed by atoms with Gasteiger partial charge >= 0.3 is 39.4 Å². The number of carbonyl (C=O) groups excluding carboxylic acids is 4. The largest absolute Gasteiger partial charge is 0.510 e. The molecule has 0 saturated carbocycles. The minimum atomic E-state index is -5.58. The van der Waals surface area contributed by atoms with Crippen molar-refractivity contribution >= 4 is 39.4 Å². The summed E-state index contributed by atoms with van der Waals surface area (Å²) in [7, 11) is -11.2. The molecule has 2 unspecified atom stereocenters. The van der Waals surface area contributed by atoms with Crippen LogP contribution in [0.15, 0.2) is 0 Å². The van der Waals surface area contributed by atoms with Crippen molar-refractivity contribution in [3.05, 3.63) is 0 Å². The van der Waals surface area contributed by atoms with Crippen molar-refractivity contribution in [2.75, 3.05) is 46.6 Å². The van der Waals surface area contributed by atoms with Crippen molar-refractivity contribution in [2.45, 2.75) is 57.7 Å². The second kappa shape index (κ2) is 19.9. The molecule has 0 aliphatic carbocycles. The van der Waals surface area contributed by atoms with Crippen LogP contribution < -0.4 is 17.2 Å². The Balaban J connectivity index is 4.87. The Labute approximate surface area is 253 Å². The molecule has 0 aliphatic rings. The monoisotopic (exact) mass is 683 g/mol. The normalized spacial score (nSPS) is 16.9. The first kappa shape index (κ1) is 41.6. The summed E-state index contributed by atoms with van der Waals surface area (Å²) in [4.78, 5) is 67.2. The minimum absolute atomic E-state index is 0.198. The van der Waals surface area contributed by atoms with Crippen LogP contribution in [0.25, 0.3) is 0 Å². The van der Waals surface area contributed by atoms with Gasteiger partial charge in [-0.05, 0) is 24.8 Å². The second-order valence-corrected chi connectivity index (χ2v) is 14.0. The molecule has 44 heavy (non-hydrogen) atoms. The minimum Gasteiger partial charge on any atom is -0.461 e. The molecule has 0 heterocycles. The van der Waals surface area contributed by atoms with Gasteiger partial charge in [-0.1, -0.05) is 27.7 Å². The maximum Gasteiger partial charge on any atom is 0.510 e. The summed E-state index contributed by atoms with van der Waals surface area (Å²) < 4.78 is 62.2. The van der Waals surface area contributed by atoms with E-state index in [1.54, 1.807) is 27.7 Å². The molecule has 0 spiro atoms. The number of ether oxygens (including phenoxy) is 6. The van der Waals surface area contributed by atoms with Crippen LogP contribution in [-0.4, -0.2) is 103 Å². The summed E-state index contributed by atoms with van der Waals surface area (Å²) >= 11 is 0. The molecular formula is C22H43N3O17P2. The Bertz CT molecular complexity index is 956. The van der Waals surface area contributed by atoms with Gasteiger partial charge in [0.1, 0.15) is 38.5 Å². The molecule has 0 fully saturated rings. The van der Waals surface area contributed by atoms with Crippen molar-refractivity contribution in [3.8, 4) is 0 Å². The number of hydrogen-bond acceptors (Lipinski definition) is 18. The lowest BCUT2D eigenvalue weighted by atomic mass is 10.1. The van der Waals surface area contributed by atoms with Gasteiger partial charge < -0.3 is 60.5 Å². The predicted molar refractivity (Wildman–Crippen MR) is 147 cm³/mol. The number of hydrogen-bond donors (Lipinski definition) is 6. The summed E-state index contributed by atoms with van der Waals surface area (Å²) in [6, 6.07) is -1.78. The molecule has 4 atom stereocenters. The lowest BCUT2D eigenvalue weighted by molar-refractivity contribution is -0.148. The molecule has 22 heteroatoms. The van der Waals surface area contributed by atoms with Gasteiger partial charge in [-0.2, -0.15) is 0 Å². The van der Waals surface area contributed by atoms with Gasteiger partial charge in [0.15, 0.2) is 0 Å². The first-order valence-electron chi connectivity index (χ1n) is 13.1. The third-order valence-electron chi connectivity index (χ3n) is 5.51. The first-order valence-corrected chi connectivity index (χ1v) is 16.3. The summed E-state index contributed by atoms with van der Waals surface area (Å²) in [6.45, 7) is 2.15. The first-order chi connectivity index (χ1) is 20.3. The second-order valence-electron chi connectivity index (χ2n) is 9.56. The Morgan fingerprint density at radius 1 is 0.682 bits per heavy atom. The standard InChI is InChI=1S/C22H43N3O17P2/c1-14(2)16(24)18(26)35-8-10-37-20(28)39-12-41-43(31,32)22(30,6-5-7-23)44(33,34)42-13-40-21(29)38-11-9-36-19(27)17(25)15(3)4/h14-17,30H,5-13,23-25H2,1-4H3,(H,31,32)(H,33,34)/t16-,17-/m0/s1. The van der Waals surface area contributed by atoms with Gasteiger partial charge in [0.25, 0.3) is 5.08 Å². The molecule has 0 rings (SSSR count). The molecular weight excluding hydrogens is 640 g/mol. The Morgan fingerprint density at radius 3 is 1.34 bits per heavy atom. The summed E-state index contributed by atoms with van der Waals surface area (Å²) in [6.07, 6.45) is -4.11. The SMILES string of the molecule is CC(C)[C@H](N)C(=O)OCCOC(=O)OCOP(=O)(O)C(O)(CCCN)P(=O)(O)OCOC(=O)OCCOC(=O)[C@@H](N)C(C)C. The van der Waals surface area contributed by atoms with E-state index in [9.17, 15) is 43.2 Å². The van der Waals surface area contributed by atoms with Crippen molar-refractivity contribution in [1.29, 1.82) is 0 Å². The van der Waals surface area contributed by atoms with Crippen molar-refractivity contribution < 1.29 is 80.7 Å². The molecule has 20 nitrogen and oxygen atoms in total. The zero-order valence-electron chi connectivity index (χ0n) is 24.9. The summed E-state index contributed by atoms with van der Waals surface area (Å²) in [5.74, 6) is -1.86. The zero-order chi connectivity index (χ0) is 34.1. The predicted octanol–water partition coefficient (Wildman–Crippen LogP) is 0.0498. The third-order valence-corrected chi connectivity index (χ3v) is 10.2. The summed E-state index contributed by atoms with van der Waals surface area (Å²) in [5.41, 5.74) is 16.5. The van der Waals surface area contributed by atoms with Gasteiger partial charge in [-0.3, -0.25) is 27.8 Å². The van der Waals surface area contributed by atoms with E-state index in [0.717, 1.165) is 0 Å². The van der Waals surface area contributed by atoms with Crippen LogP contribution in [0, 0.1) is 11.8 Å². The van der Waals surface area contributed by atoms with Crippen LogP contribution in [0.4, 0.5) is 9.59 Å². The lowest BCUT2D eigenvalue weighted by Gasteiger charge is -2.33. The number of nitrogens with two attached hydrogens (primary N) is 3. The van der Waals surface area contributed by atoms with E-state index in [2.05, 4.69) is 28.0 Å². The molecule has 0 bridgehead atoms. The highest BCUT2D eigenvalue weighted by Crippen LogP contribution is 2.73. The Hall–Kier alpha value is -2.38. The molecule has 0 radical (unpaired) electrons. The molecule has 0 aliphatic heterocycles. The van der Waals surface area contributed by atoms with Crippen LogP contribution in [-0.2, 0) is 56.2 Å². The third kappa shape index (κ3) is 14.2. The van der Waals surface area contributed by atoms with E-state index in [1.807, 2.05) is 0 Å². The van der Waals surface area contributed by atoms with Gasteiger partial charge in [-0.25, -0.2) is 9.59 Å². The maximum absolute atomic E-state index is 12.8. The van der Waals surface area contributed by atoms with Crippen molar-refractivity contribution in [2.24, 2.45) is 29.0 Å². The maximum atomic E-state index is 12.8. The quantitative estimate of drug-likeness (QED) is 0.0306. The average Bonchev–Trinajstić information content (AvgIpc) is 2.94. The molecule has 0 aromatic heterocycles. The smallest absolute Gasteiger partial charge is 0.461 e. The van der Waals surface area contributed by atoms with E-state index < -0.39 is 89.8 Å². The number of rotatable bonds is 21. The van der Waals surface area contributed by atoms with E-state index in [0.29, 0.717) is 0 Å². The van der Waals surface area contributed by atoms with E-state index in [1.165, 1.54) is 0 Å². The van der Waals surface area contributed by atoms with Crippen LogP contribution >= 0.6 is 15.2 Å². The lowest BCUT2D eigenvalue weighted by Crippen LogP contribution is -2.37. The van der Waals surface area contributed by atoms with Crippen molar-refractivity contribution in [1.82, 2.24) is 0 Å². The highest BCUT2D eigenvalue weighted by molar-refractivity contribution is 7.72. The highest BCUT2D eigenvalue weighted by atomic mass is 31.2. The fourth-order valence-corrected chi connectivity index (χ4v) is 5.94. The highest BCUT2D eigenvalue weighted by Gasteiger charge is 2.62. The van der Waals surface area contributed by atoms with Gasteiger partial charge in [0.05, 0.1) is 0 Å². The Morgan fingerprint density at radius 2 is 1.02 bits per heavy atom. The fraction of sp³-hybridized carbons (Fsp3) is 0.818. The summed E-state index contributed by atoms with van der Waals surface area (Å²) in [5, 5.41) is 7.23. The zero-order valence-corrected chi connectivity index (χ0v) is 26.6. The Kier molecular flexibility index (Phi) is 18.8.